The molecule has 0 saturated carbocycles. The van der Waals surface area contributed by atoms with Crippen molar-refractivity contribution in [3.05, 3.63) is 48.0 Å². The largest absolute Gasteiger partial charge is 0.327 e. The van der Waals surface area contributed by atoms with Crippen LogP contribution in [0.15, 0.2) is 42.5 Å². The predicted octanol–water partition coefficient (Wildman–Crippen LogP) is 3.76. The summed E-state index contributed by atoms with van der Waals surface area (Å²) in [5.74, 6) is 0. The van der Waals surface area contributed by atoms with Crippen molar-refractivity contribution in [2.24, 2.45) is 5.73 Å². The van der Waals surface area contributed by atoms with Gasteiger partial charge in [0.15, 0.2) is 0 Å². The quantitative estimate of drug-likeness (QED) is 0.851. The number of hydrogen-bond acceptors (Lipinski definition) is 1. The first-order valence-electron chi connectivity index (χ1n) is 6.08. The molecule has 0 aliphatic rings. The third-order valence-corrected chi connectivity index (χ3v) is 3.24. The van der Waals surface area contributed by atoms with Crippen LogP contribution in [0.3, 0.4) is 0 Å². The number of fused-ring (bicyclic) bond motifs is 1. The minimum absolute atomic E-state index is 0.0366. The van der Waals surface area contributed by atoms with Crippen molar-refractivity contribution in [1.29, 1.82) is 0 Å². The average Bonchev–Trinajstić information content (AvgIpc) is 2.38. The fourth-order valence-electron chi connectivity index (χ4n) is 2.36. The van der Waals surface area contributed by atoms with Gasteiger partial charge in [-0.3, -0.25) is 0 Å². The molecule has 0 aliphatic carbocycles. The molecule has 0 amide bonds. The number of benzene rings is 2. The molecule has 0 radical (unpaired) electrons. The average molecular weight is 231 g/mol. The summed E-state index contributed by atoms with van der Waals surface area (Å²) in [5.41, 5.74) is 4.96. The van der Waals surface area contributed by atoms with Crippen LogP contribution in [0.2, 0.25) is 0 Å². The molecule has 2 N–H and O–H groups in total. The van der Waals surface area contributed by atoms with Crippen LogP contribution in [0, 0.1) is 0 Å². The fourth-order valence-corrected chi connectivity index (χ4v) is 2.36. The number of rotatable bonds is 4. The van der Waals surface area contributed by atoms with Crippen molar-refractivity contribution in [3.63, 3.8) is 0 Å². The molecule has 90 valence electrons. The maximum atomic E-state index is 14.9. The molecule has 0 aliphatic heterocycles. The van der Waals surface area contributed by atoms with Crippen molar-refractivity contribution in [3.8, 4) is 0 Å². The number of hydrogen-bond donors (Lipinski definition) is 1. The van der Waals surface area contributed by atoms with Crippen molar-refractivity contribution in [2.75, 3.05) is 6.54 Å². The summed E-state index contributed by atoms with van der Waals surface area (Å²) >= 11 is 0. The molecule has 2 aromatic carbocycles. The Morgan fingerprint density at radius 2 is 1.82 bits per heavy atom. The van der Waals surface area contributed by atoms with E-state index in [1.54, 1.807) is 0 Å². The summed E-state index contributed by atoms with van der Waals surface area (Å²) in [4.78, 5) is 0. The Morgan fingerprint density at radius 1 is 1.12 bits per heavy atom. The van der Waals surface area contributed by atoms with E-state index in [4.69, 9.17) is 5.73 Å². The molecule has 1 unspecified atom stereocenters. The molecule has 0 aromatic heterocycles. The van der Waals surface area contributed by atoms with Crippen molar-refractivity contribution >= 4 is 10.8 Å². The molecule has 2 aromatic rings. The van der Waals surface area contributed by atoms with E-state index in [-0.39, 0.29) is 6.54 Å². The van der Waals surface area contributed by atoms with Gasteiger partial charge in [-0.15, -0.1) is 0 Å². The smallest absolute Gasteiger partial charge is 0.148 e. The van der Waals surface area contributed by atoms with Crippen LogP contribution in [-0.4, -0.2) is 6.54 Å². The molecule has 2 rings (SSSR count). The summed E-state index contributed by atoms with van der Waals surface area (Å²) in [5, 5.41) is 2.04. The topological polar surface area (TPSA) is 26.0 Å². The van der Waals surface area contributed by atoms with Crippen molar-refractivity contribution in [1.82, 2.24) is 0 Å². The Morgan fingerprint density at radius 3 is 2.53 bits per heavy atom. The lowest BCUT2D eigenvalue weighted by atomic mass is 9.87. The molecule has 2 heteroatoms. The normalized spacial score (nSPS) is 14.8. The van der Waals surface area contributed by atoms with Crippen LogP contribution in [0.1, 0.15) is 25.3 Å². The fraction of sp³-hybridized carbons (Fsp3) is 0.333. The number of alkyl halides is 1. The van der Waals surface area contributed by atoms with E-state index in [9.17, 15) is 4.39 Å². The van der Waals surface area contributed by atoms with Gasteiger partial charge in [-0.05, 0) is 22.8 Å². The highest BCUT2D eigenvalue weighted by Gasteiger charge is 2.30. The van der Waals surface area contributed by atoms with Crippen molar-refractivity contribution in [2.45, 2.75) is 25.4 Å². The summed E-state index contributed by atoms with van der Waals surface area (Å²) < 4.78 is 14.9. The predicted molar refractivity (Wildman–Crippen MR) is 70.7 cm³/mol. The van der Waals surface area contributed by atoms with Gasteiger partial charge in [0.25, 0.3) is 0 Å². The van der Waals surface area contributed by atoms with Gasteiger partial charge in [-0.2, -0.15) is 0 Å². The molecule has 0 spiro atoms. The van der Waals surface area contributed by atoms with E-state index in [0.717, 1.165) is 22.8 Å². The Hall–Kier alpha value is -1.41. The minimum Gasteiger partial charge on any atom is -0.327 e. The maximum Gasteiger partial charge on any atom is 0.148 e. The molecule has 0 bridgehead atoms. The van der Waals surface area contributed by atoms with Gasteiger partial charge < -0.3 is 5.73 Å². The van der Waals surface area contributed by atoms with Crippen molar-refractivity contribution < 1.29 is 4.39 Å². The van der Waals surface area contributed by atoms with Crippen LogP contribution in [0.25, 0.3) is 10.8 Å². The summed E-state index contributed by atoms with van der Waals surface area (Å²) in [6, 6.07) is 13.6. The Labute approximate surface area is 101 Å². The van der Waals surface area contributed by atoms with Crippen LogP contribution < -0.4 is 5.73 Å². The summed E-state index contributed by atoms with van der Waals surface area (Å²) in [6.45, 7) is 2.02. The lowest BCUT2D eigenvalue weighted by molar-refractivity contribution is 0.161. The van der Waals surface area contributed by atoms with Gasteiger partial charge >= 0.3 is 0 Å². The van der Waals surface area contributed by atoms with E-state index < -0.39 is 5.67 Å². The first kappa shape index (κ1) is 12.1. The zero-order chi connectivity index (χ0) is 12.3. The summed E-state index contributed by atoms with van der Waals surface area (Å²) in [7, 11) is 0. The molecule has 1 nitrogen and oxygen atoms in total. The first-order valence-corrected chi connectivity index (χ1v) is 6.08. The standard InChI is InChI=1S/C15H18FN/c1-2-10-15(16,11-17)14-9-5-7-12-6-3-4-8-13(12)14/h3-9H,2,10-11,17H2,1H3. The lowest BCUT2D eigenvalue weighted by Crippen LogP contribution is -2.30. The number of halogens is 1. The second-order valence-corrected chi connectivity index (χ2v) is 4.45. The molecule has 0 heterocycles. The van der Waals surface area contributed by atoms with Crippen LogP contribution in [0.5, 0.6) is 0 Å². The minimum atomic E-state index is -1.41. The van der Waals surface area contributed by atoms with Gasteiger partial charge in [0.1, 0.15) is 5.67 Å². The lowest BCUT2D eigenvalue weighted by Gasteiger charge is -2.25. The monoisotopic (exact) mass is 231 g/mol. The SMILES string of the molecule is CCCC(F)(CN)c1cccc2ccccc12. The van der Waals surface area contributed by atoms with E-state index in [0.29, 0.717) is 6.42 Å². The van der Waals surface area contributed by atoms with Crippen LogP contribution in [-0.2, 0) is 5.67 Å². The third-order valence-electron chi connectivity index (χ3n) is 3.24. The van der Waals surface area contributed by atoms with Crippen LogP contribution in [0.4, 0.5) is 4.39 Å². The molecular weight excluding hydrogens is 213 g/mol. The molecule has 0 fully saturated rings. The van der Waals surface area contributed by atoms with Gasteiger partial charge in [0.2, 0.25) is 0 Å². The third kappa shape index (κ3) is 2.18. The second kappa shape index (κ2) is 4.84. The van der Waals surface area contributed by atoms with E-state index in [1.165, 1.54) is 0 Å². The molecular formula is C15H18FN. The van der Waals surface area contributed by atoms with E-state index in [2.05, 4.69) is 0 Å². The highest BCUT2D eigenvalue weighted by molar-refractivity contribution is 5.86. The van der Waals surface area contributed by atoms with E-state index >= 15 is 0 Å². The number of nitrogens with two attached hydrogens (primary N) is 1. The highest BCUT2D eigenvalue weighted by Crippen LogP contribution is 2.35. The second-order valence-electron chi connectivity index (χ2n) is 4.45. The Kier molecular flexibility index (Phi) is 3.43. The Bertz CT molecular complexity index is 504. The van der Waals surface area contributed by atoms with Gasteiger partial charge in [0.05, 0.1) is 0 Å². The zero-order valence-electron chi connectivity index (χ0n) is 10.1. The zero-order valence-corrected chi connectivity index (χ0v) is 10.1. The van der Waals surface area contributed by atoms with E-state index in [1.807, 2.05) is 49.4 Å². The van der Waals surface area contributed by atoms with Gasteiger partial charge in [0, 0.05) is 6.54 Å². The highest BCUT2D eigenvalue weighted by atomic mass is 19.1. The van der Waals surface area contributed by atoms with Gasteiger partial charge in [-0.1, -0.05) is 55.8 Å². The molecule has 17 heavy (non-hydrogen) atoms. The molecule has 1 atom stereocenters. The summed E-state index contributed by atoms with van der Waals surface area (Å²) in [6.07, 6.45) is 1.26. The Balaban J connectivity index is 2.61. The first-order chi connectivity index (χ1) is 8.21. The maximum absolute atomic E-state index is 14.9. The molecule has 0 saturated heterocycles. The van der Waals surface area contributed by atoms with Gasteiger partial charge in [-0.25, -0.2) is 4.39 Å². The van der Waals surface area contributed by atoms with Crippen LogP contribution >= 0.6 is 0 Å².